The van der Waals surface area contributed by atoms with Gasteiger partial charge in [0.15, 0.2) is 0 Å². The molecule has 0 fully saturated rings. The van der Waals surface area contributed by atoms with E-state index < -0.39 is 0 Å². The van der Waals surface area contributed by atoms with Gasteiger partial charge < -0.3 is 10.2 Å². The molecule has 0 atom stereocenters. The lowest BCUT2D eigenvalue weighted by molar-refractivity contribution is 0.281. The number of aliphatic hydroxyl groups excluding tert-OH is 1. The molecule has 0 saturated carbocycles. The molecule has 2 heteroatoms. The van der Waals surface area contributed by atoms with Crippen molar-refractivity contribution in [2.45, 2.75) is 14.0 Å². The number of phenolic OH excluding ortho intramolecular Hbond substituents is 1. The summed E-state index contributed by atoms with van der Waals surface area (Å²) in [5.74, 6) is 0.229. The Morgan fingerprint density at radius 1 is 1.10 bits per heavy atom. The van der Waals surface area contributed by atoms with E-state index >= 15 is 0 Å². The zero-order valence-corrected chi connectivity index (χ0v) is 4.91. The van der Waals surface area contributed by atoms with E-state index in [1.165, 1.54) is 0 Å². The standard InChI is InChI=1S/C7H8O2.CH4/c8-5-6-1-3-7(9)4-2-6;/h1-4,8-9H,5H2;1H4. The predicted octanol–water partition coefficient (Wildman–Crippen LogP) is 1.52. The fourth-order valence-corrected chi connectivity index (χ4v) is 0.601. The van der Waals surface area contributed by atoms with Gasteiger partial charge in [-0.25, -0.2) is 0 Å². The van der Waals surface area contributed by atoms with Crippen molar-refractivity contribution in [1.82, 2.24) is 0 Å². The summed E-state index contributed by atoms with van der Waals surface area (Å²) in [4.78, 5) is 0. The largest absolute Gasteiger partial charge is 0.508 e. The van der Waals surface area contributed by atoms with Gasteiger partial charge in [-0.1, -0.05) is 19.6 Å². The molecular formula is C8H12O2. The summed E-state index contributed by atoms with van der Waals surface area (Å²) in [6, 6.07) is 6.45. The van der Waals surface area contributed by atoms with Crippen molar-refractivity contribution in [3.8, 4) is 5.75 Å². The number of aromatic hydroxyl groups is 1. The Labute approximate surface area is 60.8 Å². The first-order chi connectivity index (χ1) is 4.33. The minimum atomic E-state index is 0. The number of rotatable bonds is 1. The molecule has 0 aliphatic carbocycles. The van der Waals surface area contributed by atoms with E-state index in [0.717, 1.165) is 5.56 Å². The third kappa shape index (κ3) is 2.07. The lowest BCUT2D eigenvalue weighted by Crippen LogP contribution is -1.78. The monoisotopic (exact) mass is 140 g/mol. The number of hydrogen-bond donors (Lipinski definition) is 2. The van der Waals surface area contributed by atoms with Gasteiger partial charge in [0.05, 0.1) is 6.61 Å². The molecule has 1 aromatic carbocycles. The Hall–Kier alpha value is -1.02. The van der Waals surface area contributed by atoms with Gasteiger partial charge >= 0.3 is 0 Å². The molecule has 0 spiro atoms. The Balaban J connectivity index is 0.000000810. The Bertz CT molecular complexity index is 179. The van der Waals surface area contributed by atoms with Crippen LogP contribution in [0.15, 0.2) is 24.3 Å². The van der Waals surface area contributed by atoms with Crippen LogP contribution in [0.1, 0.15) is 13.0 Å². The van der Waals surface area contributed by atoms with Crippen molar-refractivity contribution in [3.05, 3.63) is 29.8 Å². The summed E-state index contributed by atoms with van der Waals surface area (Å²) in [5, 5.41) is 17.3. The van der Waals surface area contributed by atoms with Gasteiger partial charge in [-0.2, -0.15) is 0 Å². The first kappa shape index (κ1) is 8.98. The molecule has 2 N–H and O–H groups in total. The fraction of sp³-hybridized carbons (Fsp3) is 0.250. The van der Waals surface area contributed by atoms with Crippen molar-refractivity contribution in [1.29, 1.82) is 0 Å². The van der Waals surface area contributed by atoms with Crippen molar-refractivity contribution < 1.29 is 10.2 Å². The summed E-state index contributed by atoms with van der Waals surface area (Å²) >= 11 is 0. The molecule has 1 aromatic rings. The van der Waals surface area contributed by atoms with Crippen LogP contribution in [0, 0.1) is 0 Å². The first-order valence-corrected chi connectivity index (χ1v) is 2.71. The van der Waals surface area contributed by atoms with Crippen LogP contribution in [-0.2, 0) is 6.61 Å². The van der Waals surface area contributed by atoms with Crippen LogP contribution in [0.5, 0.6) is 5.75 Å². The van der Waals surface area contributed by atoms with E-state index in [1.807, 2.05) is 0 Å². The average Bonchev–Trinajstić information content (AvgIpc) is 1.90. The normalized spacial score (nSPS) is 8.50. The third-order valence-corrected chi connectivity index (χ3v) is 1.12. The molecule has 0 saturated heterocycles. The van der Waals surface area contributed by atoms with E-state index in [4.69, 9.17) is 10.2 Å². The second-order valence-electron chi connectivity index (χ2n) is 1.82. The van der Waals surface area contributed by atoms with E-state index in [-0.39, 0.29) is 19.8 Å². The number of benzene rings is 1. The zero-order chi connectivity index (χ0) is 6.69. The van der Waals surface area contributed by atoms with E-state index in [1.54, 1.807) is 24.3 Å². The van der Waals surface area contributed by atoms with Crippen LogP contribution in [0.3, 0.4) is 0 Å². The van der Waals surface area contributed by atoms with Crippen LogP contribution in [0.4, 0.5) is 0 Å². The number of hydrogen-bond acceptors (Lipinski definition) is 2. The fourth-order valence-electron chi connectivity index (χ4n) is 0.601. The topological polar surface area (TPSA) is 40.5 Å². The summed E-state index contributed by atoms with van der Waals surface area (Å²) in [7, 11) is 0. The van der Waals surface area contributed by atoms with Gasteiger partial charge in [0.2, 0.25) is 0 Å². The molecule has 1 rings (SSSR count). The first-order valence-electron chi connectivity index (χ1n) is 2.71. The molecule has 0 bridgehead atoms. The molecule has 0 aliphatic rings. The van der Waals surface area contributed by atoms with Crippen molar-refractivity contribution >= 4 is 0 Å². The maximum atomic E-state index is 8.77. The number of aliphatic hydroxyl groups is 1. The minimum absolute atomic E-state index is 0. The zero-order valence-electron chi connectivity index (χ0n) is 4.91. The van der Waals surface area contributed by atoms with E-state index in [2.05, 4.69) is 0 Å². The predicted molar refractivity (Wildman–Crippen MR) is 40.8 cm³/mol. The maximum Gasteiger partial charge on any atom is 0.115 e. The van der Waals surface area contributed by atoms with Gasteiger partial charge in [0, 0.05) is 0 Å². The van der Waals surface area contributed by atoms with Crippen LogP contribution < -0.4 is 0 Å². The van der Waals surface area contributed by atoms with Gasteiger partial charge in [-0.15, -0.1) is 0 Å². The molecule has 56 valence electrons. The summed E-state index contributed by atoms with van der Waals surface area (Å²) in [6.07, 6.45) is 0. The molecular weight excluding hydrogens is 128 g/mol. The highest BCUT2D eigenvalue weighted by atomic mass is 16.3. The third-order valence-electron chi connectivity index (χ3n) is 1.12. The summed E-state index contributed by atoms with van der Waals surface area (Å²) < 4.78 is 0. The van der Waals surface area contributed by atoms with Crippen LogP contribution in [0.2, 0.25) is 0 Å². The molecule has 0 unspecified atom stereocenters. The van der Waals surface area contributed by atoms with Crippen molar-refractivity contribution in [3.63, 3.8) is 0 Å². The van der Waals surface area contributed by atoms with Crippen molar-refractivity contribution in [2.75, 3.05) is 0 Å². The second-order valence-corrected chi connectivity index (χ2v) is 1.82. The molecule has 0 amide bonds. The average molecular weight is 140 g/mol. The lowest BCUT2D eigenvalue weighted by Gasteiger charge is -1.93. The molecule has 10 heavy (non-hydrogen) atoms. The Kier molecular flexibility index (Phi) is 3.51. The molecule has 0 aromatic heterocycles. The van der Waals surface area contributed by atoms with Crippen LogP contribution in [0.25, 0.3) is 0 Å². The Morgan fingerprint density at radius 3 is 2.00 bits per heavy atom. The van der Waals surface area contributed by atoms with Gasteiger partial charge in [-0.3, -0.25) is 0 Å². The van der Waals surface area contributed by atoms with E-state index in [0.29, 0.717) is 0 Å². The summed E-state index contributed by atoms with van der Waals surface area (Å²) in [5.41, 5.74) is 0.813. The quantitative estimate of drug-likeness (QED) is 0.621. The maximum absolute atomic E-state index is 8.77. The van der Waals surface area contributed by atoms with Gasteiger partial charge in [-0.05, 0) is 17.7 Å². The molecule has 0 aliphatic heterocycles. The van der Waals surface area contributed by atoms with Crippen LogP contribution in [-0.4, -0.2) is 10.2 Å². The molecule has 0 heterocycles. The highest BCUT2D eigenvalue weighted by molar-refractivity contribution is 5.25. The van der Waals surface area contributed by atoms with Crippen LogP contribution >= 0.6 is 0 Å². The van der Waals surface area contributed by atoms with Crippen molar-refractivity contribution in [2.24, 2.45) is 0 Å². The Morgan fingerprint density at radius 2 is 1.60 bits per heavy atom. The lowest BCUT2D eigenvalue weighted by atomic mass is 10.2. The SMILES string of the molecule is C.OCc1ccc(O)cc1. The highest BCUT2D eigenvalue weighted by Gasteiger charge is 1.87. The molecule has 0 radical (unpaired) electrons. The smallest absolute Gasteiger partial charge is 0.115 e. The van der Waals surface area contributed by atoms with Gasteiger partial charge in [0.25, 0.3) is 0 Å². The summed E-state index contributed by atoms with van der Waals surface area (Å²) in [6.45, 7) is 0.0281. The molecule has 2 nitrogen and oxygen atoms in total. The minimum Gasteiger partial charge on any atom is -0.508 e. The number of phenols is 1. The van der Waals surface area contributed by atoms with E-state index in [9.17, 15) is 0 Å². The van der Waals surface area contributed by atoms with Gasteiger partial charge in [0.1, 0.15) is 5.75 Å². The highest BCUT2D eigenvalue weighted by Crippen LogP contribution is 2.08. The second kappa shape index (κ2) is 3.90.